The molecule has 0 aromatic heterocycles. The SMILES string of the molecule is CCN(C)c1c(NCCC(C)(C)C)c(=O)c1=O. The van der Waals surface area contributed by atoms with E-state index >= 15 is 0 Å². The van der Waals surface area contributed by atoms with E-state index in [1.54, 1.807) is 0 Å². The summed E-state index contributed by atoms with van der Waals surface area (Å²) < 4.78 is 0. The molecular weight excluding hydrogens is 216 g/mol. The summed E-state index contributed by atoms with van der Waals surface area (Å²) in [6.45, 7) is 9.84. The van der Waals surface area contributed by atoms with E-state index in [-0.39, 0.29) is 16.3 Å². The average Bonchev–Trinajstić information content (AvgIpc) is 2.25. The largest absolute Gasteiger partial charge is 0.380 e. The van der Waals surface area contributed by atoms with Crippen molar-refractivity contribution in [1.82, 2.24) is 0 Å². The van der Waals surface area contributed by atoms with Crippen molar-refractivity contribution < 1.29 is 0 Å². The smallest absolute Gasteiger partial charge is 0.253 e. The lowest BCUT2D eigenvalue weighted by molar-refractivity contribution is 0.389. The molecule has 1 aromatic rings. The maximum Gasteiger partial charge on any atom is 0.253 e. The summed E-state index contributed by atoms with van der Waals surface area (Å²) in [6.07, 6.45) is 0.959. The molecule has 0 fully saturated rings. The van der Waals surface area contributed by atoms with E-state index in [1.807, 2.05) is 18.9 Å². The molecule has 0 atom stereocenters. The zero-order valence-electron chi connectivity index (χ0n) is 11.4. The highest BCUT2D eigenvalue weighted by molar-refractivity contribution is 5.74. The third-order valence-corrected chi connectivity index (χ3v) is 2.92. The molecule has 0 radical (unpaired) electrons. The van der Waals surface area contributed by atoms with Crippen LogP contribution in [0.15, 0.2) is 9.59 Å². The van der Waals surface area contributed by atoms with Gasteiger partial charge >= 0.3 is 0 Å². The number of rotatable bonds is 5. The predicted octanol–water partition coefficient (Wildman–Crippen LogP) is 1.59. The molecule has 17 heavy (non-hydrogen) atoms. The van der Waals surface area contributed by atoms with Crippen LogP contribution in [-0.2, 0) is 0 Å². The maximum atomic E-state index is 11.5. The molecule has 0 unspecified atom stereocenters. The fraction of sp³-hybridized carbons (Fsp3) is 0.692. The molecule has 1 rings (SSSR count). The van der Waals surface area contributed by atoms with E-state index in [0.717, 1.165) is 19.5 Å². The molecule has 0 bridgehead atoms. The average molecular weight is 238 g/mol. The number of hydrogen-bond donors (Lipinski definition) is 1. The quantitative estimate of drug-likeness (QED) is 0.791. The number of anilines is 2. The first kappa shape index (κ1) is 13.7. The Labute approximate surface area is 102 Å². The second kappa shape index (κ2) is 4.90. The van der Waals surface area contributed by atoms with Crippen LogP contribution >= 0.6 is 0 Å². The van der Waals surface area contributed by atoms with Gasteiger partial charge in [-0.1, -0.05) is 20.8 Å². The van der Waals surface area contributed by atoms with Gasteiger partial charge in [-0.05, 0) is 18.8 Å². The highest BCUT2D eigenvalue weighted by Crippen LogP contribution is 2.21. The molecule has 0 aliphatic carbocycles. The van der Waals surface area contributed by atoms with Gasteiger partial charge in [0, 0.05) is 20.1 Å². The van der Waals surface area contributed by atoms with Crippen LogP contribution in [0.1, 0.15) is 34.1 Å². The first-order valence-electron chi connectivity index (χ1n) is 6.06. The third-order valence-electron chi connectivity index (χ3n) is 2.92. The molecule has 0 saturated heterocycles. The van der Waals surface area contributed by atoms with E-state index in [2.05, 4.69) is 26.1 Å². The van der Waals surface area contributed by atoms with Crippen LogP contribution < -0.4 is 21.1 Å². The van der Waals surface area contributed by atoms with Crippen molar-refractivity contribution in [3.8, 4) is 0 Å². The first-order chi connectivity index (χ1) is 7.78. The van der Waals surface area contributed by atoms with Crippen LogP contribution in [0.2, 0.25) is 0 Å². The Morgan fingerprint density at radius 3 is 2.24 bits per heavy atom. The molecule has 4 heteroatoms. The van der Waals surface area contributed by atoms with Crippen molar-refractivity contribution in [3.05, 3.63) is 20.4 Å². The Balaban J connectivity index is 2.70. The van der Waals surface area contributed by atoms with Gasteiger partial charge in [0.05, 0.1) is 0 Å². The molecule has 96 valence electrons. The summed E-state index contributed by atoms with van der Waals surface area (Å²) in [5, 5.41) is 3.09. The summed E-state index contributed by atoms with van der Waals surface area (Å²) in [5.74, 6) is 0. The van der Waals surface area contributed by atoms with Gasteiger partial charge < -0.3 is 10.2 Å². The topological polar surface area (TPSA) is 49.4 Å². The molecule has 4 nitrogen and oxygen atoms in total. The minimum atomic E-state index is -0.380. The van der Waals surface area contributed by atoms with Crippen molar-refractivity contribution in [2.45, 2.75) is 34.1 Å². The summed E-state index contributed by atoms with van der Waals surface area (Å²) >= 11 is 0. The maximum absolute atomic E-state index is 11.5. The lowest BCUT2D eigenvalue weighted by Crippen LogP contribution is -2.41. The van der Waals surface area contributed by atoms with Gasteiger partial charge in [-0.2, -0.15) is 0 Å². The Morgan fingerprint density at radius 2 is 1.76 bits per heavy atom. The van der Waals surface area contributed by atoms with Gasteiger partial charge in [0.2, 0.25) is 0 Å². The monoisotopic (exact) mass is 238 g/mol. The second-order valence-electron chi connectivity index (χ2n) is 5.63. The van der Waals surface area contributed by atoms with E-state index in [9.17, 15) is 9.59 Å². The van der Waals surface area contributed by atoms with Crippen LogP contribution in [0.5, 0.6) is 0 Å². The van der Waals surface area contributed by atoms with Crippen molar-refractivity contribution >= 4 is 11.4 Å². The highest BCUT2D eigenvalue weighted by Gasteiger charge is 2.23. The van der Waals surface area contributed by atoms with Crippen LogP contribution in [0.25, 0.3) is 0 Å². The summed E-state index contributed by atoms with van der Waals surface area (Å²) in [7, 11) is 1.82. The summed E-state index contributed by atoms with van der Waals surface area (Å²) in [6, 6.07) is 0. The molecule has 0 aliphatic heterocycles. The number of hydrogen-bond acceptors (Lipinski definition) is 4. The van der Waals surface area contributed by atoms with Gasteiger partial charge in [-0.15, -0.1) is 0 Å². The van der Waals surface area contributed by atoms with E-state index in [4.69, 9.17) is 0 Å². The van der Waals surface area contributed by atoms with E-state index in [0.29, 0.717) is 11.4 Å². The molecule has 0 heterocycles. The predicted molar refractivity (Wildman–Crippen MR) is 72.9 cm³/mol. The molecule has 0 spiro atoms. The van der Waals surface area contributed by atoms with Crippen molar-refractivity contribution in [2.75, 3.05) is 30.4 Å². The number of nitrogens with one attached hydrogen (secondary N) is 1. The summed E-state index contributed by atoms with van der Waals surface area (Å²) in [4.78, 5) is 24.7. The molecule has 1 N–H and O–H groups in total. The van der Waals surface area contributed by atoms with Gasteiger partial charge in [0.1, 0.15) is 11.4 Å². The third kappa shape index (κ3) is 3.08. The fourth-order valence-electron chi connectivity index (χ4n) is 1.63. The van der Waals surface area contributed by atoms with Gasteiger partial charge in [-0.25, -0.2) is 0 Å². The minimum Gasteiger partial charge on any atom is -0.380 e. The normalized spacial score (nSPS) is 11.8. The first-order valence-corrected chi connectivity index (χ1v) is 6.06. The highest BCUT2D eigenvalue weighted by atomic mass is 16.2. The van der Waals surface area contributed by atoms with E-state index in [1.165, 1.54) is 0 Å². The lowest BCUT2D eigenvalue weighted by Gasteiger charge is -2.23. The van der Waals surface area contributed by atoms with Crippen molar-refractivity contribution in [2.24, 2.45) is 5.41 Å². The standard InChI is InChI=1S/C13H22N2O2/c1-6-15(5)10-9(11(16)12(10)17)14-8-7-13(2,3)4/h14H,6-8H2,1-5H3. The zero-order valence-corrected chi connectivity index (χ0v) is 11.4. The van der Waals surface area contributed by atoms with Crippen LogP contribution in [0, 0.1) is 5.41 Å². The van der Waals surface area contributed by atoms with Gasteiger partial charge in [0.25, 0.3) is 10.9 Å². The van der Waals surface area contributed by atoms with E-state index < -0.39 is 0 Å². The van der Waals surface area contributed by atoms with Crippen LogP contribution in [0.3, 0.4) is 0 Å². The molecule has 0 aliphatic rings. The lowest BCUT2D eigenvalue weighted by atomic mass is 9.92. The molecule has 1 aromatic carbocycles. The molecule has 0 saturated carbocycles. The molecular formula is C13H22N2O2. The Hall–Kier alpha value is -1.32. The van der Waals surface area contributed by atoms with Crippen molar-refractivity contribution in [3.63, 3.8) is 0 Å². The van der Waals surface area contributed by atoms with Crippen LogP contribution in [-0.4, -0.2) is 20.1 Å². The Kier molecular flexibility index (Phi) is 3.96. The van der Waals surface area contributed by atoms with Crippen LogP contribution in [0.4, 0.5) is 11.4 Å². The van der Waals surface area contributed by atoms with Crippen molar-refractivity contribution in [1.29, 1.82) is 0 Å². The molecule has 0 amide bonds. The zero-order chi connectivity index (χ0) is 13.2. The Morgan fingerprint density at radius 1 is 1.18 bits per heavy atom. The number of nitrogens with zero attached hydrogens (tertiary/aromatic N) is 1. The minimum absolute atomic E-state index is 0.223. The fourth-order valence-corrected chi connectivity index (χ4v) is 1.63. The van der Waals surface area contributed by atoms with Gasteiger partial charge in [0.15, 0.2) is 0 Å². The summed E-state index contributed by atoms with van der Waals surface area (Å²) in [5.41, 5.74) is 0.498. The second-order valence-corrected chi connectivity index (χ2v) is 5.63. The Bertz CT molecular complexity index is 450. The van der Waals surface area contributed by atoms with Gasteiger partial charge in [-0.3, -0.25) is 9.59 Å².